The first-order valence-corrected chi connectivity index (χ1v) is 12.0. The van der Waals surface area contributed by atoms with Crippen molar-refractivity contribution in [2.75, 3.05) is 43.1 Å². The maximum atomic E-state index is 5.67. The monoisotopic (exact) mass is 456 g/mol. The van der Waals surface area contributed by atoms with Crippen molar-refractivity contribution in [3.05, 3.63) is 54.6 Å². The molecular formula is C26H28N6O2. The van der Waals surface area contributed by atoms with E-state index in [-0.39, 0.29) is 5.92 Å². The molecule has 0 aliphatic carbocycles. The molecule has 5 heterocycles. The molecule has 0 amide bonds. The molecule has 8 nitrogen and oxygen atoms in total. The third kappa shape index (κ3) is 3.93. The fraction of sp³-hybridized carbons (Fsp3) is 0.385. The van der Waals surface area contributed by atoms with Crippen LogP contribution in [0.4, 0.5) is 11.6 Å². The van der Waals surface area contributed by atoms with Crippen LogP contribution in [0.25, 0.3) is 22.3 Å². The van der Waals surface area contributed by atoms with E-state index in [0.29, 0.717) is 11.7 Å². The van der Waals surface area contributed by atoms with Crippen molar-refractivity contribution in [3.63, 3.8) is 0 Å². The number of fused-ring (bicyclic) bond motifs is 1. The second-order valence-corrected chi connectivity index (χ2v) is 9.02. The van der Waals surface area contributed by atoms with Crippen LogP contribution in [-0.2, 0) is 0 Å². The lowest BCUT2D eigenvalue weighted by Gasteiger charge is -2.31. The van der Waals surface area contributed by atoms with Crippen molar-refractivity contribution in [1.29, 1.82) is 0 Å². The van der Waals surface area contributed by atoms with Gasteiger partial charge in [-0.1, -0.05) is 17.3 Å². The van der Waals surface area contributed by atoms with E-state index in [2.05, 4.69) is 44.2 Å². The minimum Gasteiger partial charge on any atom is -0.494 e. The van der Waals surface area contributed by atoms with Crippen LogP contribution in [-0.4, -0.2) is 53.4 Å². The Morgan fingerprint density at radius 1 is 0.882 bits per heavy atom. The number of rotatable bonds is 5. The first kappa shape index (κ1) is 20.9. The van der Waals surface area contributed by atoms with Crippen LogP contribution in [0.2, 0.25) is 0 Å². The molecule has 0 bridgehead atoms. The van der Waals surface area contributed by atoms with Crippen LogP contribution in [0, 0.1) is 0 Å². The van der Waals surface area contributed by atoms with Crippen molar-refractivity contribution >= 4 is 22.5 Å². The van der Waals surface area contributed by atoms with E-state index in [0.717, 1.165) is 72.9 Å². The number of hydrogen-bond donors (Lipinski definition) is 0. The molecule has 1 aromatic carbocycles. The average Bonchev–Trinajstić information content (AvgIpc) is 3.61. The van der Waals surface area contributed by atoms with Crippen molar-refractivity contribution < 1.29 is 9.26 Å². The Balaban J connectivity index is 1.12. The van der Waals surface area contributed by atoms with Gasteiger partial charge < -0.3 is 19.1 Å². The molecule has 2 saturated heterocycles. The van der Waals surface area contributed by atoms with Gasteiger partial charge in [0, 0.05) is 49.2 Å². The third-order valence-corrected chi connectivity index (χ3v) is 6.93. The van der Waals surface area contributed by atoms with Gasteiger partial charge in [0.15, 0.2) is 0 Å². The molecule has 0 unspecified atom stereocenters. The van der Waals surface area contributed by atoms with Gasteiger partial charge in [0.2, 0.25) is 11.7 Å². The Morgan fingerprint density at radius 2 is 1.68 bits per heavy atom. The molecule has 4 aromatic rings. The molecule has 2 aliphatic rings. The van der Waals surface area contributed by atoms with E-state index in [4.69, 9.17) is 19.2 Å². The Hall–Kier alpha value is -3.68. The second-order valence-electron chi connectivity index (χ2n) is 9.02. The number of anilines is 2. The summed E-state index contributed by atoms with van der Waals surface area (Å²) in [4.78, 5) is 18.9. The molecule has 2 aliphatic heterocycles. The van der Waals surface area contributed by atoms with E-state index in [9.17, 15) is 0 Å². The minimum atomic E-state index is 0.254. The van der Waals surface area contributed by atoms with Gasteiger partial charge in [0.1, 0.15) is 22.9 Å². The SMILES string of the molecule is COc1cccc2ccc(N3CCC(c4nc(-c5ccc(N6CCCC6)nc5)no4)CC3)nc12. The summed E-state index contributed by atoms with van der Waals surface area (Å²) in [5.41, 5.74) is 1.79. The summed E-state index contributed by atoms with van der Waals surface area (Å²) >= 11 is 0. The molecule has 0 radical (unpaired) electrons. The number of benzene rings is 1. The molecule has 0 spiro atoms. The molecule has 3 aromatic heterocycles. The van der Waals surface area contributed by atoms with Gasteiger partial charge in [-0.3, -0.25) is 0 Å². The molecular weight excluding hydrogens is 428 g/mol. The van der Waals surface area contributed by atoms with Gasteiger partial charge in [0.25, 0.3) is 0 Å². The van der Waals surface area contributed by atoms with E-state index < -0.39 is 0 Å². The molecule has 34 heavy (non-hydrogen) atoms. The lowest BCUT2D eigenvalue weighted by Crippen LogP contribution is -2.33. The molecule has 0 N–H and O–H groups in total. The summed E-state index contributed by atoms with van der Waals surface area (Å²) in [6.07, 6.45) is 6.21. The van der Waals surface area contributed by atoms with Gasteiger partial charge in [-0.05, 0) is 56.0 Å². The summed E-state index contributed by atoms with van der Waals surface area (Å²) in [6.45, 7) is 3.95. The van der Waals surface area contributed by atoms with Crippen LogP contribution >= 0.6 is 0 Å². The molecule has 0 saturated carbocycles. The molecule has 0 atom stereocenters. The number of aromatic nitrogens is 4. The number of methoxy groups -OCH3 is 1. The van der Waals surface area contributed by atoms with Gasteiger partial charge in [-0.15, -0.1) is 0 Å². The summed E-state index contributed by atoms with van der Waals surface area (Å²) in [6, 6.07) is 14.3. The Bertz CT molecular complexity index is 1270. The van der Waals surface area contributed by atoms with Crippen molar-refractivity contribution in [2.45, 2.75) is 31.6 Å². The Kier molecular flexibility index (Phi) is 5.49. The van der Waals surface area contributed by atoms with E-state index in [1.807, 2.05) is 24.4 Å². The molecule has 2 fully saturated rings. The zero-order valence-electron chi connectivity index (χ0n) is 19.4. The van der Waals surface area contributed by atoms with E-state index in [1.54, 1.807) is 7.11 Å². The highest BCUT2D eigenvalue weighted by molar-refractivity contribution is 5.86. The zero-order valence-corrected chi connectivity index (χ0v) is 19.4. The quantitative estimate of drug-likeness (QED) is 0.429. The van der Waals surface area contributed by atoms with E-state index in [1.165, 1.54) is 12.8 Å². The Morgan fingerprint density at radius 3 is 2.44 bits per heavy atom. The first-order valence-electron chi connectivity index (χ1n) is 12.0. The normalized spacial score (nSPS) is 17.0. The second kappa shape index (κ2) is 8.93. The van der Waals surface area contributed by atoms with Gasteiger partial charge in [-0.2, -0.15) is 4.98 Å². The van der Waals surface area contributed by atoms with Crippen LogP contribution in [0.3, 0.4) is 0 Å². The van der Waals surface area contributed by atoms with Gasteiger partial charge in [0.05, 0.1) is 7.11 Å². The lowest BCUT2D eigenvalue weighted by atomic mass is 9.96. The van der Waals surface area contributed by atoms with E-state index >= 15 is 0 Å². The summed E-state index contributed by atoms with van der Waals surface area (Å²) in [5.74, 6) is 4.38. The molecule has 8 heteroatoms. The number of nitrogens with zero attached hydrogens (tertiary/aromatic N) is 6. The Labute approximate surface area is 198 Å². The first-order chi connectivity index (χ1) is 16.8. The summed E-state index contributed by atoms with van der Waals surface area (Å²) in [5, 5.41) is 5.32. The number of para-hydroxylation sites is 1. The van der Waals surface area contributed by atoms with Crippen LogP contribution < -0.4 is 14.5 Å². The summed E-state index contributed by atoms with van der Waals surface area (Å²) in [7, 11) is 1.69. The third-order valence-electron chi connectivity index (χ3n) is 6.93. The topological polar surface area (TPSA) is 80.4 Å². The molecule has 174 valence electrons. The number of piperidine rings is 1. The maximum absolute atomic E-state index is 5.67. The number of ether oxygens (including phenoxy) is 1. The number of pyridine rings is 2. The van der Waals surface area contributed by atoms with Crippen LogP contribution in [0.1, 0.15) is 37.5 Å². The average molecular weight is 457 g/mol. The van der Waals surface area contributed by atoms with Crippen molar-refractivity contribution in [3.8, 4) is 17.1 Å². The molecule has 6 rings (SSSR count). The maximum Gasteiger partial charge on any atom is 0.230 e. The standard InChI is InChI=1S/C26H28N6O2/c1-33-21-6-4-5-18-7-10-23(28-24(18)21)32-15-11-19(12-16-32)26-29-25(30-34-26)20-8-9-22(27-17-20)31-13-2-3-14-31/h4-10,17,19H,2-3,11-16H2,1H3. The van der Waals surface area contributed by atoms with Crippen molar-refractivity contribution in [1.82, 2.24) is 20.1 Å². The summed E-state index contributed by atoms with van der Waals surface area (Å²) < 4.78 is 11.2. The van der Waals surface area contributed by atoms with Crippen LogP contribution in [0.5, 0.6) is 5.75 Å². The zero-order chi connectivity index (χ0) is 22.9. The highest BCUT2D eigenvalue weighted by atomic mass is 16.5. The predicted octanol–water partition coefficient (Wildman–Crippen LogP) is 4.67. The fourth-order valence-corrected chi connectivity index (χ4v) is 4.98. The van der Waals surface area contributed by atoms with Gasteiger partial charge in [-0.25, -0.2) is 9.97 Å². The van der Waals surface area contributed by atoms with Gasteiger partial charge >= 0.3 is 0 Å². The highest BCUT2D eigenvalue weighted by Gasteiger charge is 2.26. The predicted molar refractivity (Wildman–Crippen MR) is 131 cm³/mol. The minimum absolute atomic E-state index is 0.254. The lowest BCUT2D eigenvalue weighted by molar-refractivity contribution is 0.329. The van der Waals surface area contributed by atoms with Crippen molar-refractivity contribution in [2.24, 2.45) is 0 Å². The van der Waals surface area contributed by atoms with Crippen LogP contribution in [0.15, 0.2) is 53.2 Å². The fourth-order valence-electron chi connectivity index (χ4n) is 4.98. The number of hydrogen-bond acceptors (Lipinski definition) is 8. The highest BCUT2D eigenvalue weighted by Crippen LogP contribution is 2.32. The smallest absolute Gasteiger partial charge is 0.230 e. The largest absolute Gasteiger partial charge is 0.494 e.